The van der Waals surface area contributed by atoms with Crippen molar-refractivity contribution in [3.05, 3.63) is 93.7 Å². The highest BCUT2D eigenvalue weighted by molar-refractivity contribution is 6.35. The van der Waals surface area contributed by atoms with Gasteiger partial charge in [-0.1, -0.05) is 59.6 Å². The van der Waals surface area contributed by atoms with Crippen molar-refractivity contribution >= 4 is 46.4 Å². The van der Waals surface area contributed by atoms with E-state index in [0.717, 1.165) is 16.7 Å². The molecule has 0 bridgehead atoms. The van der Waals surface area contributed by atoms with Crippen LogP contribution in [0.5, 0.6) is 0 Å². The molecule has 0 radical (unpaired) electrons. The Morgan fingerprint density at radius 1 is 1.12 bits per heavy atom. The van der Waals surface area contributed by atoms with E-state index < -0.39 is 6.17 Å². The summed E-state index contributed by atoms with van der Waals surface area (Å²) in [5.41, 5.74) is 3.63. The lowest BCUT2D eigenvalue weighted by molar-refractivity contribution is -0.127. The molecule has 1 aromatic heterocycles. The number of carbonyl (C=O) groups excluding carboxylic acids is 2. The Morgan fingerprint density at radius 3 is 2.66 bits per heavy atom. The number of fused-ring (bicyclic) bond motifs is 1. The first-order valence-corrected chi connectivity index (χ1v) is 10.8. The zero-order chi connectivity index (χ0) is 22.7. The van der Waals surface area contributed by atoms with Crippen molar-refractivity contribution in [2.45, 2.75) is 19.0 Å². The van der Waals surface area contributed by atoms with Crippen molar-refractivity contribution in [2.24, 2.45) is 4.99 Å². The maximum absolute atomic E-state index is 13.1. The normalized spacial score (nSPS) is 15.6. The number of anilines is 1. The Bertz CT molecular complexity index is 1200. The van der Waals surface area contributed by atoms with Gasteiger partial charge in [-0.15, -0.1) is 0 Å². The van der Waals surface area contributed by atoms with Crippen LogP contribution in [0.3, 0.4) is 0 Å². The van der Waals surface area contributed by atoms with Gasteiger partial charge in [-0.2, -0.15) is 0 Å². The maximum atomic E-state index is 13.1. The van der Waals surface area contributed by atoms with E-state index in [4.69, 9.17) is 23.2 Å². The van der Waals surface area contributed by atoms with Gasteiger partial charge >= 0.3 is 0 Å². The smallest absolute Gasteiger partial charge is 0.272 e. The van der Waals surface area contributed by atoms with Gasteiger partial charge in [0.1, 0.15) is 0 Å². The van der Waals surface area contributed by atoms with Gasteiger partial charge in [0.25, 0.3) is 5.91 Å². The number of aryl methyl sites for hydroxylation is 1. The van der Waals surface area contributed by atoms with Gasteiger partial charge in [0.15, 0.2) is 0 Å². The number of nitrogens with one attached hydrogen (secondary N) is 1. The SMILES string of the molecule is CN1C(=O)C(NC(=O)CCc2ccc(Cl)cc2Cl)N=C(c2ccccc2)c2cnccc21. The standard InChI is InChI=1S/C24H20Cl2N4O2/c1-30-20-11-12-27-14-18(20)22(16-5-3-2-4-6-16)29-23(24(30)32)28-21(31)10-8-15-7-9-17(25)13-19(15)26/h2-7,9,11-14,23H,8,10H2,1H3,(H,28,31). The molecule has 162 valence electrons. The molecule has 1 aliphatic heterocycles. The van der Waals surface area contributed by atoms with E-state index in [1.807, 2.05) is 30.3 Å². The summed E-state index contributed by atoms with van der Waals surface area (Å²) in [7, 11) is 1.66. The molecule has 0 spiro atoms. The third kappa shape index (κ3) is 4.66. The number of likely N-dealkylation sites (N-methyl/N-ethyl adjacent to an activating group) is 1. The average Bonchev–Trinajstić information content (AvgIpc) is 2.90. The van der Waals surface area contributed by atoms with Gasteiger partial charge in [-0.25, -0.2) is 4.99 Å². The van der Waals surface area contributed by atoms with Gasteiger partial charge < -0.3 is 10.2 Å². The number of nitrogens with zero attached hydrogens (tertiary/aromatic N) is 3. The summed E-state index contributed by atoms with van der Waals surface area (Å²) in [5.74, 6) is -0.635. The number of benzene rings is 2. The molecule has 2 aromatic carbocycles. The zero-order valence-corrected chi connectivity index (χ0v) is 18.8. The number of aliphatic imine (C=N–C) groups is 1. The summed E-state index contributed by atoms with van der Waals surface area (Å²) in [5, 5.41) is 3.80. The van der Waals surface area contributed by atoms with E-state index in [1.165, 1.54) is 4.90 Å². The summed E-state index contributed by atoms with van der Waals surface area (Å²) >= 11 is 12.1. The lowest BCUT2D eigenvalue weighted by Gasteiger charge is -2.20. The minimum atomic E-state index is -1.06. The van der Waals surface area contributed by atoms with Gasteiger partial charge in [-0.05, 0) is 30.2 Å². The number of carbonyl (C=O) groups is 2. The fourth-order valence-electron chi connectivity index (χ4n) is 3.54. The molecular formula is C24H20Cl2N4O2. The number of hydrogen-bond donors (Lipinski definition) is 1. The molecule has 0 aliphatic carbocycles. The summed E-state index contributed by atoms with van der Waals surface area (Å²) in [6.45, 7) is 0. The van der Waals surface area contributed by atoms with Crippen LogP contribution in [0.4, 0.5) is 5.69 Å². The number of rotatable bonds is 5. The van der Waals surface area contributed by atoms with Crippen LogP contribution in [0.15, 0.2) is 72.0 Å². The van der Waals surface area contributed by atoms with Crippen LogP contribution in [-0.2, 0) is 16.0 Å². The van der Waals surface area contributed by atoms with E-state index in [2.05, 4.69) is 15.3 Å². The number of halogens is 2. The summed E-state index contributed by atoms with van der Waals surface area (Å²) in [6.07, 6.45) is 2.81. The van der Waals surface area contributed by atoms with Gasteiger partial charge in [0.05, 0.1) is 11.4 Å². The van der Waals surface area contributed by atoms with Crippen LogP contribution in [0, 0.1) is 0 Å². The van der Waals surface area contributed by atoms with Crippen LogP contribution in [-0.4, -0.2) is 35.7 Å². The third-order valence-electron chi connectivity index (χ3n) is 5.22. The molecule has 0 fully saturated rings. The van der Waals surface area contributed by atoms with Crippen LogP contribution in [0.25, 0.3) is 0 Å². The Morgan fingerprint density at radius 2 is 1.91 bits per heavy atom. The molecule has 1 aliphatic rings. The molecule has 1 unspecified atom stereocenters. The van der Waals surface area contributed by atoms with Gasteiger partial charge in [-0.3, -0.25) is 14.6 Å². The lowest BCUT2D eigenvalue weighted by Crippen LogP contribution is -2.46. The average molecular weight is 467 g/mol. The topological polar surface area (TPSA) is 74.7 Å². The molecule has 2 amide bonds. The first kappa shape index (κ1) is 22.0. The summed E-state index contributed by atoms with van der Waals surface area (Å²) < 4.78 is 0. The zero-order valence-electron chi connectivity index (χ0n) is 17.3. The second-order valence-electron chi connectivity index (χ2n) is 7.34. The Kier molecular flexibility index (Phi) is 6.53. The van der Waals surface area contributed by atoms with Crippen molar-refractivity contribution in [1.29, 1.82) is 0 Å². The molecule has 6 nitrogen and oxygen atoms in total. The molecule has 1 N–H and O–H groups in total. The molecule has 0 saturated heterocycles. The second-order valence-corrected chi connectivity index (χ2v) is 8.18. The summed E-state index contributed by atoms with van der Waals surface area (Å²) in [4.78, 5) is 36.2. The first-order chi connectivity index (χ1) is 15.4. The van der Waals surface area contributed by atoms with Crippen LogP contribution in [0.1, 0.15) is 23.1 Å². The van der Waals surface area contributed by atoms with Crippen molar-refractivity contribution in [3.63, 3.8) is 0 Å². The molecule has 0 saturated carbocycles. The predicted octanol–water partition coefficient (Wildman–Crippen LogP) is 4.28. The van der Waals surface area contributed by atoms with Gasteiger partial charge in [0, 0.05) is 47.0 Å². The lowest BCUT2D eigenvalue weighted by atomic mass is 10.0. The van der Waals surface area contributed by atoms with E-state index in [0.29, 0.717) is 27.9 Å². The second kappa shape index (κ2) is 9.51. The Labute approximate surface area is 195 Å². The van der Waals surface area contributed by atoms with E-state index >= 15 is 0 Å². The van der Waals surface area contributed by atoms with Crippen LogP contribution in [0.2, 0.25) is 10.0 Å². The molecule has 4 rings (SSSR count). The highest BCUT2D eigenvalue weighted by Crippen LogP contribution is 2.26. The highest BCUT2D eigenvalue weighted by atomic mass is 35.5. The number of aromatic nitrogens is 1. The van der Waals surface area contributed by atoms with Crippen molar-refractivity contribution in [3.8, 4) is 0 Å². The molecular weight excluding hydrogens is 447 g/mol. The monoisotopic (exact) mass is 466 g/mol. The largest absolute Gasteiger partial charge is 0.327 e. The number of pyridine rings is 1. The molecule has 1 atom stereocenters. The highest BCUT2D eigenvalue weighted by Gasteiger charge is 2.31. The maximum Gasteiger partial charge on any atom is 0.272 e. The summed E-state index contributed by atoms with van der Waals surface area (Å²) in [6, 6.07) is 16.4. The van der Waals surface area contributed by atoms with E-state index in [1.54, 1.807) is 43.7 Å². The quantitative estimate of drug-likeness (QED) is 0.609. The Balaban J connectivity index is 1.60. The van der Waals surface area contributed by atoms with Crippen molar-refractivity contribution < 1.29 is 9.59 Å². The molecule has 8 heteroatoms. The van der Waals surface area contributed by atoms with Crippen LogP contribution < -0.4 is 10.2 Å². The van der Waals surface area contributed by atoms with Crippen molar-refractivity contribution in [2.75, 3.05) is 11.9 Å². The molecule has 2 heterocycles. The minimum Gasteiger partial charge on any atom is -0.327 e. The Hall–Kier alpha value is -3.22. The predicted molar refractivity (Wildman–Crippen MR) is 126 cm³/mol. The van der Waals surface area contributed by atoms with E-state index in [9.17, 15) is 9.59 Å². The number of hydrogen-bond acceptors (Lipinski definition) is 4. The fraction of sp³-hybridized carbons (Fsp3) is 0.167. The van der Waals surface area contributed by atoms with E-state index in [-0.39, 0.29) is 18.2 Å². The minimum absolute atomic E-state index is 0.152. The van der Waals surface area contributed by atoms with Crippen LogP contribution >= 0.6 is 23.2 Å². The number of amides is 2. The first-order valence-electron chi connectivity index (χ1n) is 10.0. The molecule has 3 aromatic rings. The molecule has 32 heavy (non-hydrogen) atoms. The van der Waals surface area contributed by atoms with Gasteiger partial charge in [0.2, 0.25) is 12.1 Å². The van der Waals surface area contributed by atoms with Crippen molar-refractivity contribution in [1.82, 2.24) is 10.3 Å². The third-order valence-corrected chi connectivity index (χ3v) is 5.81. The fourth-order valence-corrected chi connectivity index (χ4v) is 4.04.